The van der Waals surface area contributed by atoms with Crippen LogP contribution in [0.4, 0.5) is 16.4 Å². The molecule has 3 amide bonds. The number of nitriles is 1. The quantitative estimate of drug-likeness (QED) is 0.445. The number of pyridine rings is 3. The molecule has 0 aliphatic carbocycles. The van der Waals surface area contributed by atoms with Crippen LogP contribution in [0.25, 0.3) is 0 Å². The van der Waals surface area contributed by atoms with Crippen molar-refractivity contribution in [2.75, 3.05) is 43.6 Å². The molecule has 0 bridgehead atoms. The number of morpholine rings is 1. The minimum absolute atomic E-state index is 0.0175. The van der Waals surface area contributed by atoms with E-state index in [0.29, 0.717) is 73.5 Å². The van der Waals surface area contributed by atoms with Crippen molar-refractivity contribution in [3.63, 3.8) is 0 Å². The van der Waals surface area contributed by atoms with Crippen molar-refractivity contribution in [2.45, 2.75) is 25.8 Å². The number of ether oxygens (including phenoxy) is 2. The first kappa shape index (κ1) is 26.7. The first-order valence-electron chi connectivity index (χ1n) is 12.8. The molecule has 5 rings (SSSR count). The monoisotopic (exact) mass is 541 g/mol. The largest absolute Gasteiger partial charge is 0.496 e. The molecule has 0 aromatic carbocycles. The number of amides is 3. The predicted molar refractivity (Wildman–Crippen MR) is 143 cm³/mol. The van der Waals surface area contributed by atoms with E-state index in [2.05, 4.69) is 26.3 Å². The zero-order chi connectivity index (χ0) is 28.1. The molecule has 1 saturated heterocycles. The molecule has 3 aromatic heterocycles. The van der Waals surface area contributed by atoms with Crippen LogP contribution in [-0.2, 0) is 28.9 Å². The van der Waals surface area contributed by atoms with Crippen molar-refractivity contribution < 1.29 is 23.9 Å². The summed E-state index contributed by atoms with van der Waals surface area (Å²) in [6.07, 6.45) is 7.09. The Balaban J connectivity index is 1.37. The molecule has 12 heteroatoms. The number of rotatable bonds is 7. The Hall–Kier alpha value is -4.89. The van der Waals surface area contributed by atoms with E-state index in [1.54, 1.807) is 36.5 Å². The number of aryl methyl sites for hydroxylation is 1. The molecule has 0 spiro atoms. The van der Waals surface area contributed by atoms with Crippen LogP contribution in [0.3, 0.4) is 0 Å². The van der Waals surface area contributed by atoms with Crippen molar-refractivity contribution >= 4 is 29.9 Å². The van der Waals surface area contributed by atoms with Gasteiger partial charge in [0, 0.05) is 55.8 Å². The molecule has 2 aliphatic rings. The van der Waals surface area contributed by atoms with Crippen LogP contribution >= 0.6 is 0 Å². The molecule has 12 nitrogen and oxygen atoms in total. The first-order chi connectivity index (χ1) is 19.5. The van der Waals surface area contributed by atoms with E-state index in [4.69, 9.17) is 9.47 Å². The summed E-state index contributed by atoms with van der Waals surface area (Å²) in [5.74, 6) is 1.17. The SMILES string of the molecule is COc1ccncc1Cc1cc(NC(=O)N2CCCc3cc(CN4CCOCC4=O)c(C=O)nc32)ncc1C#N. The lowest BCUT2D eigenvalue weighted by atomic mass is 10.0. The van der Waals surface area contributed by atoms with E-state index >= 15 is 0 Å². The topological polar surface area (TPSA) is 151 Å². The Labute approximate surface area is 230 Å². The third-order valence-corrected chi connectivity index (χ3v) is 6.88. The highest BCUT2D eigenvalue weighted by Gasteiger charge is 2.28. The number of carbonyl (C=O) groups is 3. The van der Waals surface area contributed by atoms with Gasteiger partial charge >= 0.3 is 6.03 Å². The molecule has 1 N–H and O–H groups in total. The van der Waals surface area contributed by atoms with Gasteiger partial charge in [0.05, 0.1) is 19.3 Å². The third kappa shape index (κ3) is 5.60. The lowest BCUT2D eigenvalue weighted by Crippen LogP contribution is -2.42. The second-order valence-electron chi connectivity index (χ2n) is 9.39. The van der Waals surface area contributed by atoms with Gasteiger partial charge in [0.2, 0.25) is 5.91 Å². The van der Waals surface area contributed by atoms with Crippen molar-refractivity contribution in [2.24, 2.45) is 0 Å². The van der Waals surface area contributed by atoms with Crippen LogP contribution in [0.2, 0.25) is 0 Å². The number of aldehydes is 1. The van der Waals surface area contributed by atoms with Gasteiger partial charge in [-0.1, -0.05) is 0 Å². The number of anilines is 2. The maximum Gasteiger partial charge on any atom is 0.328 e. The van der Waals surface area contributed by atoms with Crippen molar-refractivity contribution in [3.8, 4) is 11.8 Å². The molecule has 0 saturated carbocycles. The summed E-state index contributed by atoms with van der Waals surface area (Å²) < 4.78 is 10.6. The van der Waals surface area contributed by atoms with E-state index in [0.717, 1.165) is 11.1 Å². The van der Waals surface area contributed by atoms with Gasteiger partial charge < -0.3 is 14.4 Å². The van der Waals surface area contributed by atoms with Gasteiger partial charge in [-0.05, 0) is 42.2 Å². The van der Waals surface area contributed by atoms with Crippen LogP contribution < -0.4 is 15.0 Å². The number of carbonyl (C=O) groups excluding carboxylic acids is 3. The average molecular weight is 542 g/mol. The summed E-state index contributed by atoms with van der Waals surface area (Å²) in [7, 11) is 1.56. The second kappa shape index (κ2) is 11.9. The standard InChI is InChI=1S/C28H27N7O5/c1-39-24-4-5-30-13-20(24)10-19-11-25(31-14-22(19)12-29)33-28(38)35-6-2-3-18-9-21(23(16-36)32-27(18)35)15-34-7-8-40-17-26(34)37/h4-5,9,11,13-14,16H,2-3,6-8,10,15,17H2,1H3,(H,31,33,38). The summed E-state index contributed by atoms with van der Waals surface area (Å²) in [5, 5.41) is 12.4. The molecule has 5 heterocycles. The molecule has 0 unspecified atom stereocenters. The lowest BCUT2D eigenvalue weighted by Gasteiger charge is -2.30. The van der Waals surface area contributed by atoms with E-state index in [9.17, 15) is 19.6 Å². The zero-order valence-electron chi connectivity index (χ0n) is 21.9. The highest BCUT2D eigenvalue weighted by atomic mass is 16.5. The van der Waals surface area contributed by atoms with E-state index in [1.807, 2.05) is 6.07 Å². The Kier molecular flexibility index (Phi) is 7.93. The number of urea groups is 1. The van der Waals surface area contributed by atoms with E-state index in [1.165, 1.54) is 11.1 Å². The van der Waals surface area contributed by atoms with Crippen molar-refractivity contribution in [1.29, 1.82) is 5.26 Å². The Morgan fingerprint density at radius 2 is 2.12 bits per heavy atom. The Morgan fingerprint density at radius 3 is 2.90 bits per heavy atom. The number of hydrogen-bond acceptors (Lipinski definition) is 9. The predicted octanol–water partition coefficient (Wildman–Crippen LogP) is 2.50. The highest BCUT2D eigenvalue weighted by molar-refractivity contribution is 6.01. The van der Waals surface area contributed by atoms with Crippen LogP contribution in [0.1, 0.15) is 44.7 Å². The Morgan fingerprint density at radius 1 is 1.25 bits per heavy atom. The number of aromatic nitrogens is 3. The average Bonchev–Trinajstić information content (AvgIpc) is 2.98. The molecule has 204 valence electrons. The molecular formula is C28H27N7O5. The zero-order valence-corrected chi connectivity index (χ0v) is 21.9. The van der Waals surface area contributed by atoms with Gasteiger partial charge in [0.1, 0.15) is 35.8 Å². The minimum atomic E-state index is -0.455. The third-order valence-electron chi connectivity index (χ3n) is 6.88. The summed E-state index contributed by atoms with van der Waals surface area (Å²) in [6.45, 7) is 1.55. The molecule has 1 fully saturated rings. The summed E-state index contributed by atoms with van der Waals surface area (Å²) in [5.41, 5.74) is 3.45. The number of hydrogen-bond donors (Lipinski definition) is 1. The normalized spacial score (nSPS) is 14.8. The van der Waals surface area contributed by atoms with E-state index < -0.39 is 6.03 Å². The fraction of sp³-hybridized carbons (Fsp3) is 0.321. The van der Waals surface area contributed by atoms with Gasteiger partial charge in [-0.15, -0.1) is 0 Å². The van der Waals surface area contributed by atoms with Gasteiger partial charge in [-0.25, -0.2) is 14.8 Å². The summed E-state index contributed by atoms with van der Waals surface area (Å²) in [4.78, 5) is 53.6. The maximum atomic E-state index is 13.4. The molecule has 3 aromatic rings. The van der Waals surface area contributed by atoms with Gasteiger partial charge in [0.15, 0.2) is 6.29 Å². The smallest absolute Gasteiger partial charge is 0.328 e. The first-order valence-corrected chi connectivity index (χ1v) is 12.8. The maximum absolute atomic E-state index is 13.4. The lowest BCUT2D eigenvalue weighted by molar-refractivity contribution is -0.143. The van der Waals surface area contributed by atoms with Crippen LogP contribution in [0.5, 0.6) is 5.75 Å². The Bertz CT molecular complexity index is 1500. The van der Waals surface area contributed by atoms with Crippen molar-refractivity contribution in [3.05, 3.63) is 70.3 Å². The number of nitrogens with zero attached hydrogens (tertiary/aromatic N) is 6. The summed E-state index contributed by atoms with van der Waals surface area (Å²) >= 11 is 0. The molecular weight excluding hydrogens is 514 g/mol. The van der Waals surface area contributed by atoms with Gasteiger partial charge in [-0.3, -0.25) is 24.8 Å². The fourth-order valence-corrected chi connectivity index (χ4v) is 4.85. The molecule has 0 radical (unpaired) electrons. The van der Waals surface area contributed by atoms with Gasteiger partial charge in [-0.2, -0.15) is 5.26 Å². The van der Waals surface area contributed by atoms with Gasteiger partial charge in [0.25, 0.3) is 0 Å². The van der Waals surface area contributed by atoms with Crippen LogP contribution in [0.15, 0.2) is 36.8 Å². The molecule has 2 aliphatic heterocycles. The van der Waals surface area contributed by atoms with Crippen LogP contribution in [0, 0.1) is 11.3 Å². The van der Waals surface area contributed by atoms with Crippen LogP contribution in [-0.4, -0.2) is 71.5 Å². The highest BCUT2D eigenvalue weighted by Crippen LogP contribution is 2.29. The second-order valence-corrected chi connectivity index (χ2v) is 9.39. The van der Waals surface area contributed by atoms with E-state index in [-0.39, 0.29) is 30.6 Å². The summed E-state index contributed by atoms with van der Waals surface area (Å²) in [6, 6.07) is 6.93. The fourth-order valence-electron chi connectivity index (χ4n) is 4.85. The van der Waals surface area contributed by atoms with Crippen molar-refractivity contribution in [1.82, 2.24) is 19.9 Å². The number of methoxy groups -OCH3 is 1. The molecule has 0 atom stereocenters. The number of fused-ring (bicyclic) bond motifs is 1. The number of nitrogens with one attached hydrogen (secondary N) is 1. The minimum Gasteiger partial charge on any atom is -0.496 e. The molecule has 40 heavy (non-hydrogen) atoms.